The number of amides is 1. The molecule has 26 heavy (non-hydrogen) atoms. The molecule has 0 aliphatic heterocycles. The standard InChI is InChI=1S/C18H21BrN2O4S/c1-4-25-17-8-6-5-7-16(17)20-18(22)12-21(26(3,23)24)14-9-10-15(19)13(2)11-14/h5-11H,4,12H2,1-3H3,(H,20,22). The Labute approximate surface area is 162 Å². The van der Waals surface area contributed by atoms with Gasteiger partial charge in [-0.05, 0) is 49.7 Å². The largest absolute Gasteiger partial charge is 0.492 e. The van der Waals surface area contributed by atoms with Gasteiger partial charge in [0.2, 0.25) is 15.9 Å². The molecule has 0 spiro atoms. The predicted molar refractivity (Wildman–Crippen MR) is 107 cm³/mol. The van der Waals surface area contributed by atoms with Crippen molar-refractivity contribution < 1.29 is 17.9 Å². The van der Waals surface area contributed by atoms with Crippen molar-refractivity contribution in [1.82, 2.24) is 0 Å². The third-order valence-electron chi connectivity index (χ3n) is 3.58. The Kier molecular flexibility index (Phi) is 6.66. The van der Waals surface area contributed by atoms with Crippen LogP contribution < -0.4 is 14.4 Å². The maximum atomic E-state index is 12.5. The van der Waals surface area contributed by atoms with E-state index in [-0.39, 0.29) is 6.54 Å². The van der Waals surface area contributed by atoms with E-state index in [1.165, 1.54) is 0 Å². The van der Waals surface area contributed by atoms with Crippen molar-refractivity contribution in [2.75, 3.05) is 29.0 Å². The van der Waals surface area contributed by atoms with Crippen molar-refractivity contribution in [2.45, 2.75) is 13.8 Å². The van der Waals surface area contributed by atoms with Crippen molar-refractivity contribution in [1.29, 1.82) is 0 Å². The van der Waals surface area contributed by atoms with E-state index in [1.54, 1.807) is 42.5 Å². The number of nitrogens with one attached hydrogen (secondary N) is 1. The number of carbonyl (C=O) groups excluding carboxylic acids is 1. The molecular weight excluding hydrogens is 420 g/mol. The van der Waals surface area contributed by atoms with Crippen molar-refractivity contribution >= 4 is 43.2 Å². The zero-order valence-corrected chi connectivity index (χ0v) is 17.2. The van der Waals surface area contributed by atoms with Crippen LogP contribution in [-0.4, -0.2) is 33.7 Å². The van der Waals surface area contributed by atoms with Crippen LogP contribution in [0.15, 0.2) is 46.9 Å². The molecule has 1 amide bonds. The Morgan fingerprint density at radius 3 is 2.54 bits per heavy atom. The summed E-state index contributed by atoms with van der Waals surface area (Å²) in [5, 5.41) is 2.71. The van der Waals surface area contributed by atoms with Gasteiger partial charge in [0.25, 0.3) is 0 Å². The second-order valence-electron chi connectivity index (χ2n) is 5.68. The number of hydrogen-bond acceptors (Lipinski definition) is 4. The predicted octanol–water partition coefficient (Wildman–Crippen LogP) is 3.56. The molecule has 0 saturated heterocycles. The minimum Gasteiger partial charge on any atom is -0.492 e. The number of halogens is 1. The number of anilines is 2. The molecule has 8 heteroatoms. The Balaban J connectivity index is 2.24. The van der Waals surface area contributed by atoms with Gasteiger partial charge in [0, 0.05) is 4.47 Å². The highest BCUT2D eigenvalue weighted by atomic mass is 79.9. The molecule has 0 atom stereocenters. The Morgan fingerprint density at radius 2 is 1.92 bits per heavy atom. The third kappa shape index (κ3) is 5.22. The van der Waals surface area contributed by atoms with Gasteiger partial charge in [-0.25, -0.2) is 8.42 Å². The normalized spacial score (nSPS) is 11.1. The lowest BCUT2D eigenvalue weighted by Gasteiger charge is -2.23. The highest BCUT2D eigenvalue weighted by molar-refractivity contribution is 9.10. The van der Waals surface area contributed by atoms with Gasteiger partial charge >= 0.3 is 0 Å². The van der Waals surface area contributed by atoms with Crippen LogP contribution in [0.25, 0.3) is 0 Å². The molecule has 0 unspecified atom stereocenters. The number of carbonyl (C=O) groups is 1. The van der Waals surface area contributed by atoms with E-state index in [0.29, 0.717) is 23.7 Å². The van der Waals surface area contributed by atoms with E-state index < -0.39 is 15.9 Å². The van der Waals surface area contributed by atoms with E-state index in [9.17, 15) is 13.2 Å². The summed E-state index contributed by atoms with van der Waals surface area (Å²) in [7, 11) is -3.63. The van der Waals surface area contributed by atoms with Crippen molar-refractivity contribution in [3.05, 3.63) is 52.5 Å². The van der Waals surface area contributed by atoms with Crippen LogP contribution >= 0.6 is 15.9 Å². The number of benzene rings is 2. The van der Waals surface area contributed by atoms with E-state index in [1.807, 2.05) is 13.8 Å². The first kappa shape index (κ1) is 20.3. The molecule has 6 nitrogen and oxygen atoms in total. The van der Waals surface area contributed by atoms with Gasteiger partial charge in [0.05, 0.1) is 24.2 Å². The summed E-state index contributed by atoms with van der Waals surface area (Å²) < 4.78 is 31.8. The summed E-state index contributed by atoms with van der Waals surface area (Å²) in [6.07, 6.45) is 1.08. The molecule has 0 fully saturated rings. The lowest BCUT2D eigenvalue weighted by atomic mass is 10.2. The van der Waals surface area contributed by atoms with Crippen molar-refractivity contribution in [3.8, 4) is 5.75 Å². The zero-order chi connectivity index (χ0) is 19.3. The first-order valence-electron chi connectivity index (χ1n) is 7.98. The van der Waals surface area contributed by atoms with Crippen LogP contribution in [0.4, 0.5) is 11.4 Å². The lowest BCUT2D eigenvalue weighted by Crippen LogP contribution is -2.37. The monoisotopic (exact) mass is 440 g/mol. The zero-order valence-electron chi connectivity index (χ0n) is 14.8. The first-order chi connectivity index (χ1) is 12.2. The minimum absolute atomic E-state index is 0.333. The molecule has 2 rings (SSSR count). The summed E-state index contributed by atoms with van der Waals surface area (Å²) in [6, 6.07) is 12.1. The van der Waals surface area contributed by atoms with Crippen LogP contribution in [0.5, 0.6) is 5.75 Å². The molecule has 0 saturated carbocycles. The molecule has 0 radical (unpaired) electrons. The minimum atomic E-state index is -3.63. The molecule has 2 aromatic carbocycles. The number of rotatable bonds is 7. The summed E-state index contributed by atoms with van der Waals surface area (Å²) in [5.41, 5.74) is 1.81. The van der Waals surface area contributed by atoms with Gasteiger partial charge in [-0.2, -0.15) is 0 Å². The number of nitrogens with zero attached hydrogens (tertiary/aromatic N) is 1. The van der Waals surface area contributed by atoms with Crippen LogP contribution in [0.3, 0.4) is 0 Å². The number of ether oxygens (including phenoxy) is 1. The van der Waals surface area contributed by atoms with E-state index in [4.69, 9.17) is 4.74 Å². The highest BCUT2D eigenvalue weighted by Gasteiger charge is 2.22. The van der Waals surface area contributed by atoms with Crippen LogP contribution in [0.2, 0.25) is 0 Å². The van der Waals surface area contributed by atoms with Crippen LogP contribution in [-0.2, 0) is 14.8 Å². The van der Waals surface area contributed by atoms with Gasteiger partial charge in [-0.15, -0.1) is 0 Å². The van der Waals surface area contributed by atoms with Crippen LogP contribution in [0, 0.1) is 6.92 Å². The third-order valence-corrected chi connectivity index (χ3v) is 5.61. The molecule has 0 aromatic heterocycles. The number of hydrogen-bond donors (Lipinski definition) is 1. The Hall–Kier alpha value is -2.06. The number of sulfonamides is 1. The highest BCUT2D eigenvalue weighted by Crippen LogP contribution is 2.26. The van der Waals surface area contributed by atoms with E-state index >= 15 is 0 Å². The summed E-state index contributed by atoms with van der Waals surface area (Å²) in [4.78, 5) is 12.5. The van der Waals surface area contributed by atoms with Crippen molar-refractivity contribution in [2.24, 2.45) is 0 Å². The van der Waals surface area contributed by atoms with Gasteiger partial charge in [0.1, 0.15) is 12.3 Å². The maximum Gasteiger partial charge on any atom is 0.245 e. The van der Waals surface area contributed by atoms with E-state index in [0.717, 1.165) is 20.6 Å². The number of para-hydroxylation sites is 2. The second kappa shape index (κ2) is 8.55. The molecular formula is C18H21BrN2O4S. The summed E-state index contributed by atoms with van der Waals surface area (Å²) in [5.74, 6) is 0.0805. The molecule has 140 valence electrons. The molecule has 0 aliphatic carbocycles. The molecule has 0 heterocycles. The van der Waals surface area contributed by atoms with Gasteiger partial charge in [-0.3, -0.25) is 9.10 Å². The quantitative estimate of drug-likeness (QED) is 0.713. The SMILES string of the molecule is CCOc1ccccc1NC(=O)CN(c1ccc(Br)c(C)c1)S(C)(=O)=O. The van der Waals surface area contributed by atoms with Gasteiger partial charge in [-0.1, -0.05) is 28.1 Å². The maximum absolute atomic E-state index is 12.5. The van der Waals surface area contributed by atoms with Crippen molar-refractivity contribution in [3.63, 3.8) is 0 Å². The summed E-state index contributed by atoms with van der Waals surface area (Å²) >= 11 is 3.39. The average Bonchev–Trinajstić information content (AvgIpc) is 2.56. The van der Waals surface area contributed by atoms with Gasteiger partial charge < -0.3 is 10.1 Å². The fourth-order valence-corrected chi connectivity index (χ4v) is 3.45. The Bertz CT molecular complexity index is 900. The van der Waals surface area contributed by atoms with Crippen LogP contribution in [0.1, 0.15) is 12.5 Å². The first-order valence-corrected chi connectivity index (χ1v) is 10.6. The Morgan fingerprint density at radius 1 is 1.23 bits per heavy atom. The van der Waals surface area contributed by atoms with E-state index in [2.05, 4.69) is 21.2 Å². The smallest absolute Gasteiger partial charge is 0.245 e. The molecule has 2 aromatic rings. The fourth-order valence-electron chi connectivity index (χ4n) is 2.36. The number of aryl methyl sites for hydroxylation is 1. The molecule has 1 N–H and O–H groups in total. The topological polar surface area (TPSA) is 75.7 Å². The second-order valence-corrected chi connectivity index (χ2v) is 8.44. The lowest BCUT2D eigenvalue weighted by molar-refractivity contribution is -0.114. The average molecular weight is 441 g/mol. The molecule has 0 aliphatic rings. The molecule has 0 bridgehead atoms. The van der Waals surface area contributed by atoms with Gasteiger partial charge in [0.15, 0.2) is 0 Å². The fraction of sp³-hybridized carbons (Fsp3) is 0.278. The summed E-state index contributed by atoms with van der Waals surface area (Å²) in [6.45, 7) is 3.83.